The van der Waals surface area contributed by atoms with Crippen LogP contribution in [0.5, 0.6) is 11.5 Å². The molecule has 1 unspecified atom stereocenters. The van der Waals surface area contributed by atoms with Gasteiger partial charge in [-0.1, -0.05) is 15.9 Å². The molecule has 0 amide bonds. The molecule has 1 rings (SSSR count). The van der Waals surface area contributed by atoms with Crippen LogP contribution in [0, 0.1) is 0 Å². The van der Waals surface area contributed by atoms with Crippen molar-refractivity contribution in [2.45, 2.75) is 25.8 Å². The lowest BCUT2D eigenvalue weighted by Gasteiger charge is -2.10. The van der Waals surface area contributed by atoms with Gasteiger partial charge in [-0.05, 0) is 37.5 Å². The monoisotopic (exact) mass is 273 g/mol. The molecule has 0 aromatic heterocycles. The number of halogens is 1. The van der Waals surface area contributed by atoms with Crippen molar-refractivity contribution < 1.29 is 9.84 Å². The summed E-state index contributed by atoms with van der Waals surface area (Å²) in [4.78, 5) is 0. The van der Waals surface area contributed by atoms with E-state index in [0.29, 0.717) is 5.75 Å². The van der Waals surface area contributed by atoms with E-state index in [1.165, 1.54) is 7.11 Å². The molecule has 0 fully saturated rings. The second-order valence-electron chi connectivity index (χ2n) is 3.63. The van der Waals surface area contributed by atoms with Crippen LogP contribution < -0.4 is 10.5 Å². The molecule has 1 atom stereocenters. The number of hydrogen-bond donors (Lipinski definition) is 2. The van der Waals surface area contributed by atoms with Crippen molar-refractivity contribution in [3.63, 3.8) is 0 Å². The van der Waals surface area contributed by atoms with Crippen LogP contribution in [0.15, 0.2) is 16.6 Å². The first-order valence-corrected chi connectivity index (χ1v) is 5.65. The number of methoxy groups -OCH3 is 1. The lowest BCUT2D eigenvalue weighted by molar-refractivity contribution is 0.372. The van der Waals surface area contributed by atoms with Crippen LogP contribution in [0.25, 0.3) is 0 Å². The molecule has 3 nitrogen and oxygen atoms in total. The van der Waals surface area contributed by atoms with Gasteiger partial charge >= 0.3 is 0 Å². The predicted molar refractivity (Wildman–Crippen MR) is 64.3 cm³/mol. The maximum Gasteiger partial charge on any atom is 0.161 e. The zero-order valence-corrected chi connectivity index (χ0v) is 10.5. The Morgan fingerprint density at radius 3 is 2.73 bits per heavy atom. The molecule has 0 aliphatic carbocycles. The number of ether oxygens (including phenoxy) is 1. The maximum atomic E-state index is 9.60. The Kier molecular flexibility index (Phi) is 4.42. The number of rotatable bonds is 4. The van der Waals surface area contributed by atoms with Gasteiger partial charge in [-0.15, -0.1) is 0 Å². The predicted octanol–water partition coefficient (Wildman–Crippen LogP) is 2.44. The molecule has 0 saturated heterocycles. The minimum atomic E-state index is 0.167. The number of hydrogen-bond acceptors (Lipinski definition) is 3. The number of nitrogens with two attached hydrogens (primary N) is 1. The van der Waals surface area contributed by atoms with Gasteiger partial charge in [0.05, 0.1) is 7.11 Å². The molecule has 3 N–H and O–H groups in total. The second-order valence-corrected chi connectivity index (χ2v) is 4.49. The normalized spacial score (nSPS) is 12.5. The molecule has 0 radical (unpaired) electrons. The lowest BCUT2D eigenvalue weighted by Crippen LogP contribution is -2.15. The smallest absolute Gasteiger partial charge is 0.161 e. The Hall–Kier alpha value is -0.740. The molecule has 0 bridgehead atoms. The SMILES string of the molecule is COc1cc(Br)c(CCC(C)N)cc1O. The molecule has 0 saturated carbocycles. The summed E-state index contributed by atoms with van der Waals surface area (Å²) in [5, 5.41) is 9.60. The van der Waals surface area contributed by atoms with E-state index in [2.05, 4.69) is 15.9 Å². The molecule has 1 aromatic rings. The average molecular weight is 274 g/mol. The van der Waals surface area contributed by atoms with Crippen LogP contribution in [-0.4, -0.2) is 18.3 Å². The van der Waals surface area contributed by atoms with Crippen LogP contribution in [0.2, 0.25) is 0 Å². The minimum Gasteiger partial charge on any atom is -0.504 e. The molecule has 15 heavy (non-hydrogen) atoms. The summed E-state index contributed by atoms with van der Waals surface area (Å²) in [6.45, 7) is 1.97. The van der Waals surface area contributed by atoms with Crippen molar-refractivity contribution in [1.29, 1.82) is 0 Å². The van der Waals surface area contributed by atoms with Crippen molar-refractivity contribution in [2.24, 2.45) is 5.73 Å². The van der Waals surface area contributed by atoms with Crippen molar-refractivity contribution in [1.82, 2.24) is 0 Å². The van der Waals surface area contributed by atoms with Crippen molar-refractivity contribution >= 4 is 15.9 Å². The first kappa shape index (κ1) is 12.3. The quantitative estimate of drug-likeness (QED) is 0.886. The van der Waals surface area contributed by atoms with Crippen LogP contribution in [-0.2, 0) is 6.42 Å². The summed E-state index contributed by atoms with van der Waals surface area (Å²) in [5.41, 5.74) is 6.73. The van der Waals surface area contributed by atoms with Crippen LogP contribution in [0.1, 0.15) is 18.9 Å². The molecule has 0 heterocycles. The van der Waals surface area contributed by atoms with Gasteiger partial charge in [-0.2, -0.15) is 0 Å². The van der Waals surface area contributed by atoms with Gasteiger partial charge < -0.3 is 15.6 Å². The van der Waals surface area contributed by atoms with Gasteiger partial charge in [-0.3, -0.25) is 0 Å². The van der Waals surface area contributed by atoms with Gasteiger partial charge in [0.15, 0.2) is 11.5 Å². The number of aromatic hydroxyl groups is 1. The fourth-order valence-electron chi connectivity index (χ4n) is 1.33. The zero-order chi connectivity index (χ0) is 11.4. The molecule has 1 aromatic carbocycles. The minimum absolute atomic E-state index is 0.167. The van der Waals surface area contributed by atoms with E-state index in [0.717, 1.165) is 22.9 Å². The standard InChI is InChI=1S/C11H16BrNO2/c1-7(13)3-4-8-5-10(14)11(15-2)6-9(8)12/h5-7,14H,3-4,13H2,1-2H3. The summed E-state index contributed by atoms with van der Waals surface area (Å²) >= 11 is 3.44. The molecule has 84 valence electrons. The number of phenolic OH excluding ortho intramolecular Hbond substituents is 1. The van der Waals surface area contributed by atoms with E-state index in [4.69, 9.17) is 10.5 Å². The molecule has 4 heteroatoms. The molecule has 0 aliphatic rings. The molecule has 0 spiro atoms. The Labute approximate surface area is 98.4 Å². The number of benzene rings is 1. The largest absolute Gasteiger partial charge is 0.504 e. The highest BCUT2D eigenvalue weighted by molar-refractivity contribution is 9.10. The first-order valence-electron chi connectivity index (χ1n) is 4.85. The molecular formula is C11H16BrNO2. The van der Waals surface area contributed by atoms with E-state index in [1.807, 2.05) is 6.92 Å². The van der Waals surface area contributed by atoms with Gasteiger partial charge in [0.1, 0.15) is 0 Å². The summed E-state index contributed by atoms with van der Waals surface area (Å²) in [5.74, 6) is 0.645. The second kappa shape index (κ2) is 5.37. The highest BCUT2D eigenvalue weighted by Crippen LogP contribution is 2.32. The Balaban J connectivity index is 2.85. The van der Waals surface area contributed by atoms with Gasteiger partial charge in [0, 0.05) is 10.5 Å². The van der Waals surface area contributed by atoms with Gasteiger partial charge in [-0.25, -0.2) is 0 Å². The molecular weight excluding hydrogens is 258 g/mol. The van der Waals surface area contributed by atoms with Gasteiger partial charge in [0.25, 0.3) is 0 Å². The van der Waals surface area contributed by atoms with Crippen LogP contribution >= 0.6 is 15.9 Å². The Bertz CT molecular complexity index is 340. The van der Waals surface area contributed by atoms with E-state index in [-0.39, 0.29) is 11.8 Å². The maximum absolute atomic E-state index is 9.60. The lowest BCUT2D eigenvalue weighted by atomic mass is 10.1. The summed E-state index contributed by atoms with van der Waals surface area (Å²) in [7, 11) is 1.53. The third-order valence-electron chi connectivity index (χ3n) is 2.22. The van der Waals surface area contributed by atoms with E-state index < -0.39 is 0 Å². The van der Waals surface area contributed by atoms with E-state index in [9.17, 15) is 5.11 Å². The fraction of sp³-hybridized carbons (Fsp3) is 0.455. The number of phenols is 1. The van der Waals surface area contributed by atoms with Crippen molar-refractivity contribution in [2.75, 3.05) is 7.11 Å². The van der Waals surface area contributed by atoms with E-state index >= 15 is 0 Å². The third kappa shape index (κ3) is 3.39. The van der Waals surface area contributed by atoms with E-state index in [1.54, 1.807) is 12.1 Å². The average Bonchev–Trinajstić information content (AvgIpc) is 2.18. The highest BCUT2D eigenvalue weighted by Gasteiger charge is 2.08. The van der Waals surface area contributed by atoms with Crippen molar-refractivity contribution in [3.05, 3.63) is 22.2 Å². The Morgan fingerprint density at radius 1 is 1.53 bits per heavy atom. The van der Waals surface area contributed by atoms with Crippen molar-refractivity contribution in [3.8, 4) is 11.5 Å². The highest BCUT2D eigenvalue weighted by atomic mass is 79.9. The summed E-state index contributed by atoms with van der Waals surface area (Å²) < 4.78 is 5.94. The summed E-state index contributed by atoms with van der Waals surface area (Å²) in [6, 6.07) is 3.65. The summed E-state index contributed by atoms with van der Waals surface area (Å²) in [6.07, 6.45) is 1.74. The Morgan fingerprint density at radius 2 is 2.20 bits per heavy atom. The van der Waals surface area contributed by atoms with Crippen LogP contribution in [0.3, 0.4) is 0 Å². The first-order chi connectivity index (χ1) is 7.04. The van der Waals surface area contributed by atoms with Crippen LogP contribution in [0.4, 0.5) is 0 Å². The third-order valence-corrected chi connectivity index (χ3v) is 2.96. The molecule has 0 aliphatic heterocycles. The topological polar surface area (TPSA) is 55.5 Å². The zero-order valence-electron chi connectivity index (χ0n) is 8.96. The number of aryl methyl sites for hydroxylation is 1. The van der Waals surface area contributed by atoms with Gasteiger partial charge in [0.2, 0.25) is 0 Å². The fourth-order valence-corrected chi connectivity index (χ4v) is 1.85.